The number of rotatable bonds is 7. The Morgan fingerprint density at radius 2 is 1.58 bits per heavy atom. The second-order valence-corrected chi connectivity index (χ2v) is 5.35. The van der Waals surface area contributed by atoms with Gasteiger partial charge in [-0.25, -0.2) is 9.69 Å². The second kappa shape index (κ2) is 7.72. The Morgan fingerprint density at radius 3 is 2.00 bits per heavy atom. The predicted molar refractivity (Wildman–Crippen MR) is 87.8 cm³/mol. The second-order valence-electron chi connectivity index (χ2n) is 5.35. The summed E-state index contributed by atoms with van der Waals surface area (Å²) in [7, 11) is 5.59. The summed E-state index contributed by atoms with van der Waals surface area (Å²) in [4.78, 5) is 48.1. The lowest BCUT2D eigenvalue weighted by atomic mass is 10.1. The van der Waals surface area contributed by atoms with E-state index in [0.29, 0.717) is 32.6 Å². The van der Waals surface area contributed by atoms with E-state index in [2.05, 4.69) is 5.32 Å². The highest BCUT2D eigenvalue weighted by Gasteiger charge is 2.42. The quantitative estimate of drug-likeness (QED) is 0.523. The minimum absolute atomic E-state index is 0.0928. The van der Waals surface area contributed by atoms with Gasteiger partial charge < -0.3 is 19.5 Å². The zero-order valence-corrected chi connectivity index (χ0v) is 14.8. The van der Waals surface area contributed by atoms with E-state index in [9.17, 15) is 19.2 Å². The number of urea groups is 1. The van der Waals surface area contributed by atoms with Crippen LogP contribution in [0.5, 0.6) is 17.2 Å². The molecule has 0 aliphatic carbocycles. The zero-order chi connectivity index (χ0) is 19.4. The molecule has 1 fully saturated rings. The number of nitrogens with one attached hydrogen (secondary N) is 1. The lowest BCUT2D eigenvalue weighted by Gasteiger charge is -2.15. The minimum atomic E-state index is -1.03. The summed E-state index contributed by atoms with van der Waals surface area (Å²) in [6.07, 6.45) is 0. The van der Waals surface area contributed by atoms with Gasteiger partial charge in [0.1, 0.15) is 6.54 Å². The van der Waals surface area contributed by atoms with Gasteiger partial charge >= 0.3 is 17.8 Å². The Labute approximate surface area is 149 Å². The van der Waals surface area contributed by atoms with E-state index < -0.39 is 30.3 Å². The Morgan fingerprint density at radius 1 is 1.00 bits per heavy atom. The molecule has 1 aromatic carbocycles. The molecule has 2 rings (SSSR count). The van der Waals surface area contributed by atoms with Gasteiger partial charge in [0, 0.05) is 13.6 Å². The molecule has 1 aliphatic rings. The SMILES string of the molecule is COc1cc(CNC(=O)CN2C(=O)C(=O)N(C)C2=O)cc(OC)c1OC. The average molecular weight is 365 g/mol. The molecule has 0 saturated carbocycles. The molecule has 1 saturated heterocycles. The zero-order valence-electron chi connectivity index (χ0n) is 14.8. The van der Waals surface area contributed by atoms with Crippen molar-refractivity contribution in [3.05, 3.63) is 17.7 Å². The van der Waals surface area contributed by atoms with Crippen LogP contribution in [0.15, 0.2) is 12.1 Å². The van der Waals surface area contributed by atoms with Crippen LogP contribution < -0.4 is 19.5 Å². The number of carbonyl (C=O) groups excluding carboxylic acids is 4. The molecule has 0 radical (unpaired) electrons. The summed E-state index contributed by atoms with van der Waals surface area (Å²) in [5, 5.41) is 2.57. The monoisotopic (exact) mass is 365 g/mol. The summed E-state index contributed by atoms with van der Waals surface area (Å²) in [5.74, 6) is -1.32. The Kier molecular flexibility index (Phi) is 5.65. The molecular formula is C16H19N3O7. The first-order valence-corrected chi connectivity index (χ1v) is 7.53. The van der Waals surface area contributed by atoms with Gasteiger partial charge in [-0.15, -0.1) is 0 Å². The maximum absolute atomic E-state index is 12.0. The number of carbonyl (C=O) groups is 4. The van der Waals surface area contributed by atoms with Crippen molar-refractivity contribution in [2.24, 2.45) is 0 Å². The summed E-state index contributed by atoms with van der Waals surface area (Å²) in [6.45, 7) is -0.451. The number of amides is 5. The molecule has 1 aliphatic heterocycles. The highest BCUT2D eigenvalue weighted by Crippen LogP contribution is 2.38. The van der Waals surface area contributed by atoms with Crippen molar-refractivity contribution < 1.29 is 33.4 Å². The van der Waals surface area contributed by atoms with Crippen LogP contribution in [-0.2, 0) is 20.9 Å². The smallest absolute Gasteiger partial charge is 0.334 e. The molecule has 0 spiro atoms. The maximum atomic E-state index is 12.0. The molecule has 1 aromatic rings. The van der Waals surface area contributed by atoms with E-state index in [1.807, 2.05) is 0 Å². The summed E-state index contributed by atoms with van der Waals surface area (Å²) in [6, 6.07) is 2.49. The van der Waals surface area contributed by atoms with Gasteiger partial charge in [-0.1, -0.05) is 0 Å². The highest BCUT2D eigenvalue weighted by atomic mass is 16.5. The van der Waals surface area contributed by atoms with Gasteiger partial charge in [-0.3, -0.25) is 19.3 Å². The molecular weight excluding hydrogens is 346 g/mol. The van der Waals surface area contributed by atoms with Gasteiger partial charge in [0.05, 0.1) is 21.3 Å². The van der Waals surface area contributed by atoms with Crippen LogP contribution in [0.4, 0.5) is 4.79 Å². The Hall–Kier alpha value is -3.30. The van der Waals surface area contributed by atoms with Crippen LogP contribution in [0.1, 0.15) is 5.56 Å². The number of hydrogen-bond acceptors (Lipinski definition) is 7. The van der Waals surface area contributed by atoms with E-state index in [1.165, 1.54) is 28.4 Å². The van der Waals surface area contributed by atoms with Gasteiger partial charge in [-0.05, 0) is 17.7 Å². The lowest BCUT2D eigenvalue weighted by molar-refractivity contribution is -0.143. The number of imide groups is 2. The Balaban J connectivity index is 2.05. The molecule has 10 nitrogen and oxygen atoms in total. The van der Waals surface area contributed by atoms with Crippen molar-refractivity contribution in [3.8, 4) is 17.2 Å². The molecule has 5 amide bonds. The van der Waals surface area contributed by atoms with Gasteiger partial charge in [0.15, 0.2) is 11.5 Å². The molecule has 0 unspecified atom stereocenters. The largest absolute Gasteiger partial charge is 0.493 e. The van der Waals surface area contributed by atoms with Crippen molar-refractivity contribution in [1.82, 2.24) is 15.1 Å². The molecule has 1 N–H and O–H groups in total. The molecule has 0 atom stereocenters. The molecule has 26 heavy (non-hydrogen) atoms. The van der Waals surface area contributed by atoms with E-state index in [-0.39, 0.29) is 6.54 Å². The van der Waals surface area contributed by atoms with Crippen molar-refractivity contribution in [2.75, 3.05) is 34.9 Å². The third-order valence-corrected chi connectivity index (χ3v) is 3.77. The highest BCUT2D eigenvalue weighted by molar-refractivity contribution is 6.44. The Bertz CT molecular complexity index is 737. The van der Waals surface area contributed by atoms with Crippen molar-refractivity contribution in [1.29, 1.82) is 0 Å². The average Bonchev–Trinajstić information content (AvgIpc) is 2.83. The molecule has 0 aromatic heterocycles. The van der Waals surface area contributed by atoms with E-state index >= 15 is 0 Å². The van der Waals surface area contributed by atoms with Crippen molar-refractivity contribution in [3.63, 3.8) is 0 Å². The topological polar surface area (TPSA) is 114 Å². The summed E-state index contributed by atoms with van der Waals surface area (Å²) < 4.78 is 15.7. The van der Waals surface area contributed by atoms with Gasteiger partial charge in [0.25, 0.3) is 0 Å². The molecule has 140 valence electrons. The van der Waals surface area contributed by atoms with Crippen LogP contribution >= 0.6 is 0 Å². The third-order valence-electron chi connectivity index (χ3n) is 3.77. The standard InChI is InChI=1S/C16H19N3O7/c1-18-14(21)15(22)19(16(18)23)8-12(20)17-7-9-5-10(24-2)13(26-4)11(6-9)25-3/h5-6H,7-8H2,1-4H3,(H,17,20). The normalized spacial score (nSPS) is 13.9. The first-order valence-electron chi connectivity index (χ1n) is 7.53. The lowest BCUT2D eigenvalue weighted by Crippen LogP contribution is -2.40. The van der Waals surface area contributed by atoms with Crippen molar-refractivity contribution in [2.45, 2.75) is 6.54 Å². The van der Waals surface area contributed by atoms with Gasteiger partial charge in [-0.2, -0.15) is 0 Å². The number of ether oxygens (including phenoxy) is 3. The third kappa shape index (κ3) is 3.53. The maximum Gasteiger partial charge on any atom is 0.334 e. The van der Waals surface area contributed by atoms with E-state index in [4.69, 9.17) is 14.2 Å². The minimum Gasteiger partial charge on any atom is -0.493 e. The number of hydrogen-bond donors (Lipinski definition) is 1. The molecule has 0 bridgehead atoms. The fourth-order valence-electron chi connectivity index (χ4n) is 2.39. The van der Waals surface area contributed by atoms with Crippen LogP contribution in [0.25, 0.3) is 0 Å². The van der Waals surface area contributed by atoms with Crippen LogP contribution in [0.3, 0.4) is 0 Å². The van der Waals surface area contributed by atoms with E-state index in [0.717, 1.165) is 0 Å². The number of benzene rings is 1. The number of likely N-dealkylation sites (N-methyl/N-ethyl adjacent to an activating group) is 1. The van der Waals surface area contributed by atoms with E-state index in [1.54, 1.807) is 12.1 Å². The fraction of sp³-hybridized carbons (Fsp3) is 0.375. The van der Waals surface area contributed by atoms with Crippen LogP contribution in [-0.4, -0.2) is 68.5 Å². The van der Waals surface area contributed by atoms with Crippen molar-refractivity contribution >= 4 is 23.8 Å². The number of nitrogens with zero attached hydrogens (tertiary/aromatic N) is 2. The first-order chi connectivity index (χ1) is 12.3. The van der Waals surface area contributed by atoms with Crippen LogP contribution in [0.2, 0.25) is 0 Å². The summed E-state index contributed by atoms with van der Waals surface area (Å²) >= 11 is 0. The number of methoxy groups -OCH3 is 3. The molecule has 10 heteroatoms. The fourth-order valence-corrected chi connectivity index (χ4v) is 2.39. The van der Waals surface area contributed by atoms with Crippen LogP contribution in [0, 0.1) is 0 Å². The summed E-state index contributed by atoms with van der Waals surface area (Å²) in [5.41, 5.74) is 0.653. The predicted octanol–water partition coefficient (Wildman–Crippen LogP) is -0.251. The first kappa shape index (κ1) is 19.0. The molecule has 1 heterocycles. The van der Waals surface area contributed by atoms with Gasteiger partial charge in [0.2, 0.25) is 11.7 Å².